The standard InChI is InChI=1S/C13H11F3O5/c1-2-20-11(17)6-4-8-3-5-9(12(18)19)10(7-8)21-13(14,15)16/h3-7H,2H2,1H3,(H,18,19). The zero-order chi connectivity index (χ0) is 16.0. The zero-order valence-corrected chi connectivity index (χ0v) is 10.8. The van der Waals surface area contributed by atoms with Gasteiger partial charge in [-0.15, -0.1) is 13.2 Å². The van der Waals surface area contributed by atoms with E-state index in [1.807, 2.05) is 0 Å². The van der Waals surface area contributed by atoms with Gasteiger partial charge in [0, 0.05) is 6.08 Å². The molecule has 0 fully saturated rings. The summed E-state index contributed by atoms with van der Waals surface area (Å²) in [5.41, 5.74) is -0.479. The summed E-state index contributed by atoms with van der Waals surface area (Å²) >= 11 is 0. The van der Waals surface area contributed by atoms with Crippen LogP contribution in [0.4, 0.5) is 13.2 Å². The molecule has 1 rings (SSSR count). The first kappa shape index (κ1) is 16.5. The Morgan fingerprint density at radius 1 is 1.33 bits per heavy atom. The van der Waals surface area contributed by atoms with E-state index in [1.165, 1.54) is 12.1 Å². The molecule has 1 N–H and O–H groups in total. The molecule has 0 atom stereocenters. The Balaban J connectivity index is 3.07. The second-order valence-corrected chi connectivity index (χ2v) is 3.69. The molecule has 0 unspecified atom stereocenters. The maximum absolute atomic E-state index is 12.2. The van der Waals surface area contributed by atoms with Crippen molar-refractivity contribution < 1.29 is 37.3 Å². The first-order valence-electron chi connectivity index (χ1n) is 5.71. The summed E-state index contributed by atoms with van der Waals surface area (Å²) < 4.78 is 44.9. The second-order valence-electron chi connectivity index (χ2n) is 3.69. The van der Waals surface area contributed by atoms with E-state index in [0.717, 1.165) is 18.2 Å². The Morgan fingerprint density at radius 3 is 2.52 bits per heavy atom. The van der Waals surface area contributed by atoms with Crippen LogP contribution in [0.15, 0.2) is 24.3 Å². The molecule has 0 saturated heterocycles. The van der Waals surface area contributed by atoms with Crippen molar-refractivity contribution in [3.8, 4) is 5.75 Å². The number of carboxylic acids is 1. The predicted octanol–water partition coefficient (Wildman–Crippen LogP) is 2.86. The van der Waals surface area contributed by atoms with Crippen molar-refractivity contribution in [3.05, 3.63) is 35.4 Å². The van der Waals surface area contributed by atoms with E-state index >= 15 is 0 Å². The third-order valence-corrected chi connectivity index (χ3v) is 2.16. The molecule has 5 nitrogen and oxygen atoms in total. The smallest absolute Gasteiger partial charge is 0.478 e. The minimum Gasteiger partial charge on any atom is -0.478 e. The quantitative estimate of drug-likeness (QED) is 0.669. The number of hydrogen-bond acceptors (Lipinski definition) is 4. The fourth-order valence-corrected chi connectivity index (χ4v) is 1.38. The Labute approximate surface area is 117 Å². The van der Waals surface area contributed by atoms with Crippen LogP contribution in [0.3, 0.4) is 0 Å². The highest BCUT2D eigenvalue weighted by Gasteiger charge is 2.33. The maximum atomic E-state index is 12.2. The van der Waals surface area contributed by atoms with Gasteiger partial charge in [0.1, 0.15) is 11.3 Å². The van der Waals surface area contributed by atoms with Crippen LogP contribution in [-0.4, -0.2) is 30.0 Å². The first-order chi connectivity index (χ1) is 9.73. The summed E-state index contributed by atoms with van der Waals surface area (Å²) in [6.45, 7) is 1.76. The fourth-order valence-electron chi connectivity index (χ4n) is 1.38. The van der Waals surface area contributed by atoms with Gasteiger partial charge in [-0.3, -0.25) is 0 Å². The van der Waals surface area contributed by atoms with Gasteiger partial charge in [0.25, 0.3) is 0 Å². The monoisotopic (exact) mass is 304 g/mol. The van der Waals surface area contributed by atoms with Crippen LogP contribution in [0.1, 0.15) is 22.8 Å². The number of alkyl halides is 3. The fraction of sp³-hybridized carbons (Fsp3) is 0.231. The van der Waals surface area contributed by atoms with Crippen molar-refractivity contribution in [1.29, 1.82) is 0 Å². The van der Waals surface area contributed by atoms with Crippen molar-refractivity contribution in [2.45, 2.75) is 13.3 Å². The number of ether oxygens (including phenoxy) is 2. The van der Waals surface area contributed by atoms with Crippen molar-refractivity contribution in [3.63, 3.8) is 0 Å². The number of carbonyl (C=O) groups is 2. The van der Waals surface area contributed by atoms with Crippen LogP contribution in [0.5, 0.6) is 5.75 Å². The van der Waals surface area contributed by atoms with Gasteiger partial charge in [0.15, 0.2) is 0 Å². The van der Waals surface area contributed by atoms with Crippen LogP contribution in [0.2, 0.25) is 0 Å². The lowest BCUT2D eigenvalue weighted by atomic mass is 10.1. The summed E-state index contributed by atoms with van der Waals surface area (Å²) in [6.07, 6.45) is -2.82. The lowest BCUT2D eigenvalue weighted by Crippen LogP contribution is -2.19. The molecular weight excluding hydrogens is 293 g/mol. The zero-order valence-electron chi connectivity index (χ0n) is 10.8. The molecule has 0 heterocycles. The number of hydrogen-bond donors (Lipinski definition) is 1. The SMILES string of the molecule is CCOC(=O)C=Cc1ccc(C(=O)O)c(OC(F)(F)F)c1. The molecule has 0 saturated carbocycles. The molecule has 1 aromatic carbocycles. The highest BCUT2D eigenvalue weighted by molar-refractivity contribution is 5.92. The molecule has 0 aliphatic heterocycles. The highest BCUT2D eigenvalue weighted by Crippen LogP contribution is 2.28. The maximum Gasteiger partial charge on any atom is 0.573 e. The van der Waals surface area contributed by atoms with Gasteiger partial charge in [0.05, 0.1) is 6.61 Å². The summed E-state index contributed by atoms with van der Waals surface area (Å²) in [4.78, 5) is 21.9. The average molecular weight is 304 g/mol. The van der Waals surface area contributed by atoms with Crippen LogP contribution in [-0.2, 0) is 9.53 Å². The van der Waals surface area contributed by atoms with Crippen molar-refractivity contribution in [2.75, 3.05) is 6.61 Å². The summed E-state index contributed by atoms with van der Waals surface area (Å²) in [6, 6.07) is 3.06. The second kappa shape index (κ2) is 6.78. The topological polar surface area (TPSA) is 72.8 Å². The minimum absolute atomic E-state index is 0.156. The number of carboxylic acid groups (broad SMARTS) is 1. The molecule has 0 aromatic heterocycles. The average Bonchev–Trinajstić information content (AvgIpc) is 2.34. The summed E-state index contributed by atoms with van der Waals surface area (Å²) in [5, 5.41) is 8.80. The number of aromatic carboxylic acids is 1. The third-order valence-electron chi connectivity index (χ3n) is 2.16. The first-order valence-corrected chi connectivity index (χ1v) is 5.71. The Morgan fingerprint density at radius 2 is 2.00 bits per heavy atom. The summed E-state index contributed by atoms with van der Waals surface area (Å²) in [5.74, 6) is -3.09. The van der Waals surface area contributed by atoms with Crippen LogP contribution in [0, 0.1) is 0 Å². The molecule has 21 heavy (non-hydrogen) atoms. The molecule has 0 spiro atoms. The van der Waals surface area contributed by atoms with E-state index in [1.54, 1.807) is 6.92 Å². The highest BCUT2D eigenvalue weighted by atomic mass is 19.4. The Bertz CT molecular complexity index is 563. The van der Waals surface area contributed by atoms with Crippen LogP contribution in [0.25, 0.3) is 6.08 Å². The van der Waals surface area contributed by atoms with E-state index in [-0.39, 0.29) is 12.2 Å². The number of esters is 1. The van der Waals surface area contributed by atoms with Gasteiger partial charge in [-0.25, -0.2) is 9.59 Å². The number of rotatable bonds is 5. The molecule has 0 aliphatic rings. The molecular formula is C13H11F3O5. The largest absolute Gasteiger partial charge is 0.573 e. The molecule has 0 radical (unpaired) electrons. The number of carbonyl (C=O) groups excluding carboxylic acids is 1. The van der Waals surface area contributed by atoms with Crippen LogP contribution >= 0.6 is 0 Å². The van der Waals surface area contributed by atoms with Crippen molar-refractivity contribution in [2.24, 2.45) is 0 Å². The lowest BCUT2D eigenvalue weighted by Gasteiger charge is -2.11. The van der Waals surface area contributed by atoms with Gasteiger partial charge in [-0.05, 0) is 30.7 Å². The van der Waals surface area contributed by atoms with E-state index in [4.69, 9.17) is 5.11 Å². The molecule has 0 aliphatic carbocycles. The van der Waals surface area contributed by atoms with E-state index < -0.39 is 29.6 Å². The van der Waals surface area contributed by atoms with Crippen LogP contribution < -0.4 is 4.74 Å². The van der Waals surface area contributed by atoms with Gasteiger partial charge in [-0.1, -0.05) is 6.07 Å². The van der Waals surface area contributed by atoms with Crippen molar-refractivity contribution >= 4 is 18.0 Å². The molecule has 1 aromatic rings. The lowest BCUT2D eigenvalue weighted by molar-refractivity contribution is -0.274. The van der Waals surface area contributed by atoms with Crippen molar-refractivity contribution in [1.82, 2.24) is 0 Å². The van der Waals surface area contributed by atoms with E-state index in [2.05, 4.69) is 9.47 Å². The Hall–Kier alpha value is -2.51. The molecule has 114 valence electrons. The minimum atomic E-state index is -5.02. The summed E-state index contributed by atoms with van der Waals surface area (Å²) in [7, 11) is 0. The molecule has 0 bridgehead atoms. The van der Waals surface area contributed by atoms with Gasteiger partial charge >= 0.3 is 18.3 Å². The number of benzene rings is 1. The van der Waals surface area contributed by atoms with Gasteiger partial charge < -0.3 is 14.6 Å². The van der Waals surface area contributed by atoms with E-state index in [0.29, 0.717) is 0 Å². The Kier molecular flexibility index (Phi) is 5.34. The predicted molar refractivity (Wildman–Crippen MR) is 65.8 cm³/mol. The molecule has 0 amide bonds. The van der Waals surface area contributed by atoms with Gasteiger partial charge in [0.2, 0.25) is 0 Å². The molecule has 8 heteroatoms. The van der Waals surface area contributed by atoms with Gasteiger partial charge in [-0.2, -0.15) is 0 Å². The third kappa shape index (κ3) is 5.55. The van der Waals surface area contributed by atoms with E-state index in [9.17, 15) is 22.8 Å². The number of halogens is 3. The normalized spacial score (nSPS) is 11.4.